The van der Waals surface area contributed by atoms with Crippen LogP contribution in [0.15, 0.2) is 42.5 Å². The molecule has 7 heteroatoms. The highest BCUT2D eigenvalue weighted by Crippen LogP contribution is 2.23. The number of ether oxygens (including phenoxy) is 2. The number of hydrogen-bond donors (Lipinski definition) is 1. The van der Waals surface area contributed by atoms with E-state index >= 15 is 0 Å². The Morgan fingerprint density at radius 1 is 1.09 bits per heavy atom. The number of nitrogens with two attached hydrogens (primary N) is 1. The summed E-state index contributed by atoms with van der Waals surface area (Å²) in [6.45, 7) is -0.341. The van der Waals surface area contributed by atoms with Crippen LogP contribution in [0, 0.1) is 0 Å². The van der Waals surface area contributed by atoms with Gasteiger partial charge in [-0.3, -0.25) is 4.79 Å². The molecular formula is C16H13Cl2NO4. The number of esters is 1. The third-order valence-corrected chi connectivity index (χ3v) is 3.44. The molecule has 0 saturated carbocycles. The average Bonchev–Trinajstić information content (AvgIpc) is 2.52. The molecule has 0 saturated heterocycles. The van der Waals surface area contributed by atoms with E-state index in [1.807, 2.05) is 0 Å². The van der Waals surface area contributed by atoms with Gasteiger partial charge in [0, 0.05) is 15.6 Å². The van der Waals surface area contributed by atoms with Crippen LogP contribution < -0.4 is 10.5 Å². The van der Waals surface area contributed by atoms with Crippen molar-refractivity contribution >= 4 is 35.1 Å². The lowest BCUT2D eigenvalue weighted by Crippen LogP contribution is -2.21. The number of halogens is 2. The van der Waals surface area contributed by atoms with E-state index in [-0.39, 0.29) is 24.5 Å². The topological polar surface area (TPSA) is 78.6 Å². The van der Waals surface area contributed by atoms with E-state index in [2.05, 4.69) is 0 Å². The lowest BCUT2D eigenvalue weighted by atomic mass is 10.2. The van der Waals surface area contributed by atoms with Crippen molar-refractivity contribution in [3.05, 3.63) is 63.6 Å². The Balaban J connectivity index is 2.07. The molecule has 23 heavy (non-hydrogen) atoms. The molecule has 2 N–H and O–H groups in total. The average molecular weight is 354 g/mol. The molecule has 2 aromatic carbocycles. The van der Waals surface area contributed by atoms with E-state index < -0.39 is 11.9 Å². The molecule has 0 aliphatic heterocycles. The maximum Gasteiger partial charge on any atom is 0.342 e. The normalized spacial score (nSPS) is 10.2. The van der Waals surface area contributed by atoms with Gasteiger partial charge in [-0.1, -0.05) is 41.4 Å². The molecular weight excluding hydrogens is 341 g/mol. The van der Waals surface area contributed by atoms with Crippen LogP contribution in [-0.2, 0) is 16.1 Å². The summed E-state index contributed by atoms with van der Waals surface area (Å²) in [4.78, 5) is 23.0. The minimum absolute atomic E-state index is 0.0149. The number of carbonyl (C=O) groups is 2. The van der Waals surface area contributed by atoms with Crippen LogP contribution in [0.4, 0.5) is 0 Å². The van der Waals surface area contributed by atoms with Crippen LogP contribution in [0.25, 0.3) is 0 Å². The predicted octanol–water partition coefficient (Wildman–Crippen LogP) is 3.21. The van der Waals surface area contributed by atoms with Crippen molar-refractivity contribution in [3.8, 4) is 5.75 Å². The summed E-state index contributed by atoms with van der Waals surface area (Å²) in [5, 5.41) is 0.902. The van der Waals surface area contributed by atoms with Crippen molar-refractivity contribution in [2.45, 2.75) is 6.61 Å². The summed E-state index contributed by atoms with van der Waals surface area (Å²) < 4.78 is 10.4. The Bertz CT molecular complexity index is 734. The van der Waals surface area contributed by atoms with E-state index in [9.17, 15) is 9.59 Å². The van der Waals surface area contributed by atoms with Gasteiger partial charge in [-0.15, -0.1) is 0 Å². The van der Waals surface area contributed by atoms with E-state index in [0.717, 1.165) is 0 Å². The molecule has 0 bridgehead atoms. The number of carbonyl (C=O) groups excluding carboxylic acids is 2. The Labute approximate surface area is 142 Å². The van der Waals surface area contributed by atoms with Crippen LogP contribution in [-0.4, -0.2) is 18.5 Å². The molecule has 0 fully saturated rings. The number of hydrogen-bond acceptors (Lipinski definition) is 4. The van der Waals surface area contributed by atoms with E-state index in [1.165, 1.54) is 6.07 Å². The number of benzene rings is 2. The van der Waals surface area contributed by atoms with E-state index in [0.29, 0.717) is 15.6 Å². The fourth-order valence-corrected chi connectivity index (χ4v) is 2.23. The van der Waals surface area contributed by atoms with E-state index in [1.54, 1.807) is 36.4 Å². The Morgan fingerprint density at radius 2 is 1.83 bits per heavy atom. The first kappa shape index (κ1) is 17.1. The second-order valence-corrected chi connectivity index (χ2v) is 5.41. The molecule has 0 heterocycles. The SMILES string of the molecule is NC(=O)COc1ccccc1C(=O)OCc1ccc(Cl)cc1Cl. The van der Waals surface area contributed by atoms with Crippen LogP contribution >= 0.6 is 23.2 Å². The first-order valence-electron chi connectivity index (χ1n) is 6.58. The Morgan fingerprint density at radius 3 is 2.52 bits per heavy atom. The standard InChI is InChI=1S/C16H13Cl2NO4/c17-11-6-5-10(13(18)7-11)8-23-16(21)12-3-1-2-4-14(12)22-9-15(19)20/h1-7H,8-9H2,(H2,19,20). The second kappa shape index (κ2) is 7.85. The number of amides is 1. The zero-order valence-corrected chi connectivity index (χ0v) is 13.4. The molecule has 0 atom stereocenters. The summed E-state index contributed by atoms with van der Waals surface area (Å²) >= 11 is 11.8. The molecule has 1 amide bonds. The summed E-state index contributed by atoms with van der Waals surface area (Å²) in [7, 11) is 0. The molecule has 0 radical (unpaired) electrons. The summed E-state index contributed by atoms with van der Waals surface area (Å²) in [6, 6.07) is 11.3. The van der Waals surface area contributed by atoms with Gasteiger partial charge < -0.3 is 15.2 Å². The van der Waals surface area contributed by atoms with Crippen LogP contribution in [0.5, 0.6) is 5.75 Å². The van der Waals surface area contributed by atoms with Gasteiger partial charge in [0.2, 0.25) is 0 Å². The van der Waals surface area contributed by atoms with Crippen LogP contribution in [0.2, 0.25) is 10.0 Å². The Hall–Kier alpha value is -2.24. The van der Waals surface area contributed by atoms with Gasteiger partial charge in [-0.25, -0.2) is 4.79 Å². The Kier molecular flexibility index (Phi) is 5.84. The molecule has 5 nitrogen and oxygen atoms in total. The molecule has 2 aromatic rings. The van der Waals surface area contributed by atoms with Gasteiger partial charge in [-0.05, 0) is 24.3 Å². The smallest absolute Gasteiger partial charge is 0.342 e. The maximum atomic E-state index is 12.2. The lowest BCUT2D eigenvalue weighted by molar-refractivity contribution is -0.119. The fraction of sp³-hybridized carbons (Fsp3) is 0.125. The molecule has 0 aliphatic carbocycles. The number of para-hydroxylation sites is 1. The van der Waals surface area contributed by atoms with Crippen LogP contribution in [0.1, 0.15) is 15.9 Å². The van der Waals surface area contributed by atoms with Crippen LogP contribution in [0.3, 0.4) is 0 Å². The van der Waals surface area contributed by atoms with Crippen molar-refractivity contribution in [2.75, 3.05) is 6.61 Å². The highest BCUT2D eigenvalue weighted by molar-refractivity contribution is 6.35. The van der Waals surface area contributed by atoms with Crippen molar-refractivity contribution in [1.82, 2.24) is 0 Å². The number of rotatable bonds is 6. The summed E-state index contributed by atoms with van der Waals surface area (Å²) in [6.07, 6.45) is 0. The van der Waals surface area contributed by atoms with E-state index in [4.69, 9.17) is 38.4 Å². The molecule has 2 rings (SSSR count). The largest absolute Gasteiger partial charge is 0.483 e. The van der Waals surface area contributed by atoms with Gasteiger partial charge in [-0.2, -0.15) is 0 Å². The minimum Gasteiger partial charge on any atom is -0.483 e. The van der Waals surface area contributed by atoms with Gasteiger partial charge in [0.15, 0.2) is 6.61 Å². The van der Waals surface area contributed by atoms with Gasteiger partial charge in [0.05, 0.1) is 0 Å². The quantitative estimate of drug-likeness (QED) is 0.808. The predicted molar refractivity (Wildman–Crippen MR) is 86.7 cm³/mol. The first-order valence-corrected chi connectivity index (χ1v) is 7.34. The van der Waals surface area contributed by atoms with Crippen molar-refractivity contribution < 1.29 is 19.1 Å². The van der Waals surface area contributed by atoms with Gasteiger partial charge in [0.1, 0.15) is 17.9 Å². The number of primary amides is 1. The first-order chi connectivity index (χ1) is 11.0. The lowest BCUT2D eigenvalue weighted by Gasteiger charge is -2.11. The highest BCUT2D eigenvalue weighted by Gasteiger charge is 2.15. The van der Waals surface area contributed by atoms with Gasteiger partial charge in [0.25, 0.3) is 5.91 Å². The third kappa shape index (κ3) is 4.87. The van der Waals surface area contributed by atoms with Crippen molar-refractivity contribution in [3.63, 3.8) is 0 Å². The maximum absolute atomic E-state index is 12.2. The third-order valence-electron chi connectivity index (χ3n) is 2.85. The molecule has 0 aromatic heterocycles. The molecule has 0 unspecified atom stereocenters. The molecule has 0 aliphatic rings. The molecule has 120 valence electrons. The summed E-state index contributed by atoms with van der Waals surface area (Å²) in [5.41, 5.74) is 5.84. The second-order valence-electron chi connectivity index (χ2n) is 4.56. The highest BCUT2D eigenvalue weighted by atomic mass is 35.5. The van der Waals surface area contributed by atoms with Crippen molar-refractivity contribution in [2.24, 2.45) is 5.73 Å². The zero-order chi connectivity index (χ0) is 16.8. The minimum atomic E-state index is -0.638. The molecule has 0 spiro atoms. The monoisotopic (exact) mass is 353 g/mol. The van der Waals surface area contributed by atoms with Crippen molar-refractivity contribution in [1.29, 1.82) is 0 Å². The summed E-state index contributed by atoms with van der Waals surface area (Å²) in [5.74, 6) is -1.02. The zero-order valence-electron chi connectivity index (χ0n) is 11.9. The fourth-order valence-electron chi connectivity index (χ4n) is 1.77. The van der Waals surface area contributed by atoms with Gasteiger partial charge >= 0.3 is 5.97 Å².